The molecule has 0 spiro atoms. The summed E-state index contributed by atoms with van der Waals surface area (Å²) < 4.78 is 5.32. The molecule has 0 N–H and O–H groups in total. The topological polar surface area (TPSA) is 62.2 Å². The first-order valence-electron chi connectivity index (χ1n) is 9.77. The van der Waals surface area contributed by atoms with E-state index >= 15 is 0 Å². The van der Waals surface area contributed by atoms with Gasteiger partial charge in [-0.25, -0.2) is 5.01 Å². The van der Waals surface area contributed by atoms with Crippen LogP contribution in [0.15, 0.2) is 53.6 Å². The number of benzene rings is 2. The van der Waals surface area contributed by atoms with E-state index in [2.05, 4.69) is 5.10 Å². The lowest BCUT2D eigenvalue weighted by Gasteiger charge is -2.24. The van der Waals surface area contributed by atoms with Crippen molar-refractivity contribution < 1.29 is 14.3 Å². The Labute approximate surface area is 171 Å². The minimum absolute atomic E-state index is 0.00389. The molecule has 3 rings (SSSR count). The zero-order valence-corrected chi connectivity index (χ0v) is 17.4. The second-order valence-corrected chi connectivity index (χ2v) is 7.25. The van der Waals surface area contributed by atoms with Gasteiger partial charge in [0.1, 0.15) is 12.3 Å². The molecule has 152 valence electrons. The summed E-state index contributed by atoms with van der Waals surface area (Å²) in [5.74, 6) is 0.481. The number of carbonyl (C=O) groups excluding carboxylic acids is 2. The monoisotopic (exact) mass is 393 g/mol. The van der Waals surface area contributed by atoms with E-state index in [-0.39, 0.29) is 24.4 Å². The Morgan fingerprint density at radius 2 is 1.93 bits per heavy atom. The predicted molar refractivity (Wildman–Crippen MR) is 113 cm³/mol. The van der Waals surface area contributed by atoms with E-state index in [9.17, 15) is 9.59 Å². The molecule has 0 saturated carbocycles. The summed E-state index contributed by atoms with van der Waals surface area (Å²) in [6.45, 7) is 3.82. The molecule has 0 saturated heterocycles. The van der Waals surface area contributed by atoms with Gasteiger partial charge in [0.2, 0.25) is 5.91 Å². The van der Waals surface area contributed by atoms with Crippen LogP contribution >= 0.6 is 0 Å². The third kappa shape index (κ3) is 4.65. The van der Waals surface area contributed by atoms with Gasteiger partial charge >= 0.3 is 0 Å². The summed E-state index contributed by atoms with van der Waals surface area (Å²) in [6.07, 6.45) is 0.969. The van der Waals surface area contributed by atoms with Gasteiger partial charge in [0.25, 0.3) is 5.91 Å². The maximum absolute atomic E-state index is 13.0. The summed E-state index contributed by atoms with van der Waals surface area (Å²) in [6, 6.07) is 15.6. The van der Waals surface area contributed by atoms with Crippen LogP contribution in [0, 0.1) is 6.92 Å². The molecule has 0 aromatic heterocycles. The Balaban J connectivity index is 1.91. The fourth-order valence-corrected chi connectivity index (χ4v) is 3.40. The average Bonchev–Trinajstić information content (AvgIpc) is 3.19. The number of carbonyl (C=O) groups is 2. The zero-order chi connectivity index (χ0) is 21.0. The third-order valence-electron chi connectivity index (χ3n) is 5.13. The van der Waals surface area contributed by atoms with Crippen molar-refractivity contribution in [1.82, 2.24) is 9.91 Å². The molecule has 0 unspecified atom stereocenters. The highest BCUT2D eigenvalue weighted by Crippen LogP contribution is 2.33. The number of hydrogen-bond donors (Lipinski definition) is 0. The quantitative estimate of drug-likeness (QED) is 0.754. The van der Waals surface area contributed by atoms with Crippen LogP contribution < -0.4 is 4.74 Å². The van der Waals surface area contributed by atoms with Crippen LogP contribution in [0.2, 0.25) is 0 Å². The first kappa shape index (κ1) is 20.6. The number of aryl methyl sites for hydroxylation is 1. The van der Waals surface area contributed by atoms with E-state index in [1.807, 2.05) is 55.5 Å². The van der Waals surface area contributed by atoms with E-state index in [4.69, 9.17) is 4.74 Å². The van der Waals surface area contributed by atoms with Gasteiger partial charge in [-0.15, -0.1) is 0 Å². The molecule has 0 radical (unpaired) electrons. The lowest BCUT2D eigenvalue weighted by Crippen LogP contribution is -2.38. The van der Waals surface area contributed by atoms with Crippen molar-refractivity contribution in [3.05, 3.63) is 65.2 Å². The van der Waals surface area contributed by atoms with E-state index in [1.165, 1.54) is 9.91 Å². The lowest BCUT2D eigenvalue weighted by atomic mass is 9.97. The number of nitrogens with zero attached hydrogens (tertiary/aromatic N) is 3. The largest absolute Gasteiger partial charge is 0.497 e. The van der Waals surface area contributed by atoms with E-state index in [1.54, 1.807) is 21.1 Å². The highest BCUT2D eigenvalue weighted by atomic mass is 16.5. The van der Waals surface area contributed by atoms with Gasteiger partial charge in [0.05, 0.1) is 18.9 Å². The molecule has 2 aromatic carbocycles. The maximum atomic E-state index is 13.0. The van der Waals surface area contributed by atoms with Crippen LogP contribution in [0.1, 0.15) is 42.5 Å². The van der Waals surface area contributed by atoms with Gasteiger partial charge in [-0.1, -0.05) is 48.9 Å². The second-order valence-electron chi connectivity index (χ2n) is 7.25. The van der Waals surface area contributed by atoms with E-state index in [0.717, 1.165) is 28.2 Å². The van der Waals surface area contributed by atoms with Crippen molar-refractivity contribution in [2.75, 3.05) is 20.7 Å². The molecule has 2 amide bonds. The molecule has 1 heterocycles. The molecule has 0 fully saturated rings. The molecule has 6 heteroatoms. The number of hydrazone groups is 1. The van der Waals surface area contributed by atoms with Crippen molar-refractivity contribution in [2.45, 2.75) is 32.7 Å². The van der Waals surface area contributed by atoms with Crippen LogP contribution in [0.5, 0.6) is 5.75 Å². The highest BCUT2D eigenvalue weighted by molar-refractivity contribution is 6.03. The summed E-state index contributed by atoms with van der Waals surface area (Å²) in [7, 11) is 3.27. The Hall–Kier alpha value is -3.15. The van der Waals surface area contributed by atoms with E-state index < -0.39 is 0 Å². The van der Waals surface area contributed by atoms with Gasteiger partial charge < -0.3 is 9.64 Å². The Morgan fingerprint density at radius 3 is 2.59 bits per heavy atom. The van der Waals surface area contributed by atoms with Crippen molar-refractivity contribution in [1.29, 1.82) is 0 Å². The first-order chi connectivity index (χ1) is 13.9. The minimum atomic E-state index is -0.200. The second kappa shape index (κ2) is 8.90. The van der Waals surface area contributed by atoms with Gasteiger partial charge in [-0.2, -0.15) is 5.10 Å². The number of amides is 2. The SMILES string of the molecule is CCC(=O)N(C)CC(=O)N1N=C(c2cccc(OC)c2)C[C@H]1c1ccc(C)cc1. The maximum Gasteiger partial charge on any atom is 0.262 e. The summed E-state index contributed by atoms with van der Waals surface area (Å²) in [5.41, 5.74) is 3.93. The van der Waals surface area contributed by atoms with Gasteiger partial charge in [0.15, 0.2) is 0 Å². The van der Waals surface area contributed by atoms with Crippen molar-refractivity contribution >= 4 is 17.5 Å². The van der Waals surface area contributed by atoms with Crippen molar-refractivity contribution in [3.8, 4) is 5.75 Å². The minimum Gasteiger partial charge on any atom is -0.497 e. The fraction of sp³-hybridized carbons (Fsp3) is 0.348. The normalized spacial score (nSPS) is 15.8. The Bertz CT molecular complexity index is 921. The predicted octanol–water partition coefficient (Wildman–Crippen LogP) is 3.55. The molecule has 1 aliphatic heterocycles. The van der Waals surface area contributed by atoms with Crippen molar-refractivity contribution in [2.24, 2.45) is 5.10 Å². The Kier molecular flexibility index (Phi) is 6.32. The standard InChI is InChI=1S/C23H27N3O3/c1-5-22(27)25(3)15-23(28)26-21(17-11-9-16(2)10-12-17)14-20(24-26)18-7-6-8-19(13-18)29-4/h6-13,21H,5,14-15H2,1-4H3/t21-/m0/s1. The molecule has 0 aliphatic carbocycles. The smallest absolute Gasteiger partial charge is 0.262 e. The highest BCUT2D eigenvalue weighted by Gasteiger charge is 2.33. The molecule has 2 aromatic rings. The zero-order valence-electron chi connectivity index (χ0n) is 17.4. The van der Waals surface area contributed by atoms with Crippen LogP contribution in [0.3, 0.4) is 0 Å². The molecule has 6 nitrogen and oxygen atoms in total. The summed E-state index contributed by atoms with van der Waals surface area (Å²) >= 11 is 0. The molecular formula is C23H27N3O3. The molecule has 1 aliphatic rings. The third-order valence-corrected chi connectivity index (χ3v) is 5.13. The first-order valence-corrected chi connectivity index (χ1v) is 9.77. The number of ether oxygens (including phenoxy) is 1. The van der Waals surface area contributed by atoms with Crippen LogP contribution in [0.4, 0.5) is 0 Å². The van der Waals surface area contributed by atoms with Crippen LogP contribution in [0.25, 0.3) is 0 Å². The number of likely N-dealkylation sites (N-methyl/N-ethyl adjacent to an activating group) is 1. The van der Waals surface area contributed by atoms with Crippen LogP contribution in [-0.2, 0) is 9.59 Å². The van der Waals surface area contributed by atoms with Gasteiger partial charge in [0, 0.05) is 25.5 Å². The average molecular weight is 393 g/mol. The number of hydrogen-bond acceptors (Lipinski definition) is 4. The van der Waals surface area contributed by atoms with Crippen molar-refractivity contribution in [3.63, 3.8) is 0 Å². The Morgan fingerprint density at radius 1 is 1.21 bits per heavy atom. The van der Waals surface area contributed by atoms with E-state index in [0.29, 0.717) is 12.8 Å². The molecule has 0 bridgehead atoms. The van der Waals surface area contributed by atoms with Gasteiger partial charge in [-0.05, 0) is 24.6 Å². The number of methoxy groups -OCH3 is 1. The van der Waals surface area contributed by atoms with Crippen LogP contribution in [-0.4, -0.2) is 48.1 Å². The summed E-state index contributed by atoms with van der Waals surface area (Å²) in [4.78, 5) is 26.4. The summed E-state index contributed by atoms with van der Waals surface area (Å²) in [5, 5.41) is 6.19. The number of rotatable bonds is 6. The molecular weight excluding hydrogens is 366 g/mol. The van der Waals surface area contributed by atoms with Gasteiger partial charge in [-0.3, -0.25) is 9.59 Å². The molecule has 1 atom stereocenters. The lowest BCUT2D eigenvalue weighted by molar-refractivity contribution is -0.140. The molecule has 29 heavy (non-hydrogen) atoms. The fourth-order valence-electron chi connectivity index (χ4n) is 3.40.